The summed E-state index contributed by atoms with van der Waals surface area (Å²) in [4.78, 5) is 2.60. The molecule has 1 aromatic rings. The van der Waals surface area contributed by atoms with Gasteiger partial charge in [0.1, 0.15) is 0 Å². The van der Waals surface area contributed by atoms with E-state index in [1.54, 1.807) is 11.1 Å². The van der Waals surface area contributed by atoms with Crippen molar-refractivity contribution in [2.45, 2.75) is 25.7 Å². The van der Waals surface area contributed by atoms with Crippen molar-refractivity contribution in [3.05, 3.63) is 33.8 Å². The third-order valence-electron chi connectivity index (χ3n) is 3.96. The van der Waals surface area contributed by atoms with Crippen molar-refractivity contribution < 1.29 is 0 Å². The highest BCUT2D eigenvalue weighted by Crippen LogP contribution is 2.29. The molecule has 1 unspecified atom stereocenters. The summed E-state index contributed by atoms with van der Waals surface area (Å²) in [7, 11) is 0. The minimum atomic E-state index is 0.891. The molecule has 16 heavy (non-hydrogen) atoms. The lowest BCUT2D eigenvalue weighted by atomic mass is 9.83. The normalized spacial score (nSPS) is 24.9. The summed E-state index contributed by atoms with van der Waals surface area (Å²) in [5, 5.41) is 0. The van der Waals surface area contributed by atoms with Crippen LogP contribution in [-0.2, 0) is 12.8 Å². The molecule has 1 atom stereocenters. The summed E-state index contributed by atoms with van der Waals surface area (Å²) in [5.74, 6) is 0.891. The molecule has 1 aromatic carbocycles. The smallest absolute Gasteiger partial charge is 0.0178 e. The molecule has 0 bridgehead atoms. The number of nitrogens with zero attached hydrogens (tertiary/aromatic N) is 1. The molecule has 86 valence electrons. The van der Waals surface area contributed by atoms with Crippen LogP contribution in [0.1, 0.15) is 24.0 Å². The zero-order valence-electron chi connectivity index (χ0n) is 9.58. The van der Waals surface area contributed by atoms with Gasteiger partial charge in [-0.15, -0.1) is 0 Å². The van der Waals surface area contributed by atoms with Gasteiger partial charge in [0, 0.05) is 11.0 Å². The third kappa shape index (κ3) is 2.18. The second-order valence-corrected chi connectivity index (χ2v) is 6.09. The first-order valence-electron chi connectivity index (χ1n) is 6.31. The molecule has 1 fully saturated rings. The number of hydrogen-bond acceptors (Lipinski definition) is 1. The molecular weight excluding hydrogens is 262 g/mol. The van der Waals surface area contributed by atoms with Gasteiger partial charge in [0.15, 0.2) is 0 Å². The van der Waals surface area contributed by atoms with E-state index in [9.17, 15) is 0 Å². The van der Waals surface area contributed by atoms with E-state index in [0.29, 0.717) is 0 Å². The van der Waals surface area contributed by atoms with Crippen LogP contribution in [0.2, 0.25) is 0 Å². The quantitative estimate of drug-likeness (QED) is 0.803. The fraction of sp³-hybridized carbons (Fsp3) is 0.571. The van der Waals surface area contributed by atoms with E-state index in [0.717, 1.165) is 5.92 Å². The molecule has 0 amide bonds. The number of rotatable bonds is 2. The van der Waals surface area contributed by atoms with Crippen LogP contribution in [0.3, 0.4) is 0 Å². The molecule has 2 aliphatic rings. The maximum atomic E-state index is 3.58. The first kappa shape index (κ1) is 10.8. The Morgan fingerprint density at radius 2 is 2.12 bits per heavy atom. The fourth-order valence-corrected chi connectivity index (χ4v) is 3.29. The first-order valence-corrected chi connectivity index (χ1v) is 7.10. The van der Waals surface area contributed by atoms with Crippen LogP contribution < -0.4 is 0 Å². The van der Waals surface area contributed by atoms with Crippen LogP contribution >= 0.6 is 15.9 Å². The predicted octanol–water partition coefficient (Wildman–Crippen LogP) is 3.26. The Hall–Kier alpha value is -0.340. The van der Waals surface area contributed by atoms with E-state index < -0.39 is 0 Å². The largest absolute Gasteiger partial charge is 0.303 e. The Bertz CT molecular complexity index is 384. The maximum absolute atomic E-state index is 3.58. The molecule has 1 nitrogen and oxygen atoms in total. The molecular formula is C14H18BrN. The van der Waals surface area contributed by atoms with E-state index in [1.165, 1.54) is 49.8 Å². The fourth-order valence-electron chi connectivity index (χ4n) is 2.89. The predicted molar refractivity (Wildman–Crippen MR) is 70.7 cm³/mol. The van der Waals surface area contributed by atoms with Gasteiger partial charge in [0.2, 0.25) is 0 Å². The van der Waals surface area contributed by atoms with Gasteiger partial charge >= 0.3 is 0 Å². The Labute approximate surface area is 106 Å². The van der Waals surface area contributed by atoms with Gasteiger partial charge in [-0.25, -0.2) is 0 Å². The molecule has 3 rings (SSSR count). The lowest BCUT2D eigenvalue weighted by Gasteiger charge is -2.36. The number of benzene rings is 1. The lowest BCUT2D eigenvalue weighted by molar-refractivity contribution is 0.146. The summed E-state index contributed by atoms with van der Waals surface area (Å²) in [6.07, 6.45) is 5.35. The molecule has 0 radical (unpaired) electrons. The van der Waals surface area contributed by atoms with Crippen LogP contribution in [0.25, 0.3) is 0 Å². The van der Waals surface area contributed by atoms with Gasteiger partial charge in [-0.05, 0) is 68.0 Å². The highest BCUT2D eigenvalue weighted by molar-refractivity contribution is 9.10. The number of halogens is 1. The summed E-state index contributed by atoms with van der Waals surface area (Å²) >= 11 is 3.58. The molecule has 0 saturated carbocycles. The van der Waals surface area contributed by atoms with E-state index in [4.69, 9.17) is 0 Å². The van der Waals surface area contributed by atoms with E-state index in [-0.39, 0.29) is 0 Å². The highest BCUT2D eigenvalue weighted by atomic mass is 79.9. The molecule has 1 aliphatic carbocycles. The van der Waals surface area contributed by atoms with Gasteiger partial charge in [-0.1, -0.05) is 22.0 Å². The number of aryl methyl sites for hydroxylation is 1. The van der Waals surface area contributed by atoms with Crippen LogP contribution in [0.15, 0.2) is 22.7 Å². The molecule has 1 saturated heterocycles. The van der Waals surface area contributed by atoms with Crippen LogP contribution in [-0.4, -0.2) is 24.5 Å². The molecule has 0 N–H and O–H groups in total. The molecule has 1 heterocycles. The van der Waals surface area contributed by atoms with Crippen LogP contribution in [0.5, 0.6) is 0 Å². The summed E-state index contributed by atoms with van der Waals surface area (Å²) in [5.41, 5.74) is 3.15. The number of hydrogen-bond donors (Lipinski definition) is 0. The van der Waals surface area contributed by atoms with Gasteiger partial charge in [0.25, 0.3) is 0 Å². The second kappa shape index (κ2) is 4.50. The van der Waals surface area contributed by atoms with Crippen molar-refractivity contribution in [2.75, 3.05) is 19.6 Å². The zero-order chi connectivity index (χ0) is 11.0. The minimum Gasteiger partial charge on any atom is -0.303 e. The zero-order valence-corrected chi connectivity index (χ0v) is 11.2. The summed E-state index contributed by atoms with van der Waals surface area (Å²) in [6, 6.07) is 6.78. The number of fused-ring (bicyclic) bond motifs is 1. The number of likely N-dealkylation sites (tertiary alicyclic amines) is 1. The topological polar surface area (TPSA) is 3.24 Å². The average molecular weight is 280 g/mol. The van der Waals surface area contributed by atoms with Gasteiger partial charge in [-0.3, -0.25) is 0 Å². The Morgan fingerprint density at radius 1 is 1.25 bits per heavy atom. The third-order valence-corrected chi connectivity index (χ3v) is 4.46. The highest BCUT2D eigenvalue weighted by Gasteiger charge is 2.23. The van der Waals surface area contributed by atoms with Crippen LogP contribution in [0, 0.1) is 5.92 Å². The van der Waals surface area contributed by atoms with Gasteiger partial charge < -0.3 is 4.90 Å². The minimum absolute atomic E-state index is 0.891. The molecule has 1 aliphatic heterocycles. The van der Waals surface area contributed by atoms with Crippen molar-refractivity contribution in [2.24, 2.45) is 5.92 Å². The second-order valence-electron chi connectivity index (χ2n) is 5.18. The SMILES string of the molecule is Brc1ccc2c(c1)CC(CN1CCC1)CC2. The van der Waals surface area contributed by atoms with Crippen molar-refractivity contribution in [3.63, 3.8) is 0 Å². The van der Waals surface area contributed by atoms with E-state index in [2.05, 4.69) is 39.0 Å². The van der Waals surface area contributed by atoms with Crippen molar-refractivity contribution in [3.8, 4) is 0 Å². The van der Waals surface area contributed by atoms with Crippen molar-refractivity contribution in [1.29, 1.82) is 0 Å². The van der Waals surface area contributed by atoms with E-state index >= 15 is 0 Å². The lowest BCUT2D eigenvalue weighted by Crippen LogP contribution is -2.41. The average Bonchev–Trinajstić information content (AvgIpc) is 2.23. The maximum Gasteiger partial charge on any atom is 0.0178 e. The van der Waals surface area contributed by atoms with Gasteiger partial charge in [-0.2, -0.15) is 0 Å². The molecule has 2 heteroatoms. The van der Waals surface area contributed by atoms with E-state index in [1.807, 2.05) is 0 Å². The standard InChI is InChI=1S/C14H18BrN/c15-14-5-4-12-3-2-11(8-13(12)9-14)10-16-6-1-7-16/h4-5,9,11H,1-3,6-8,10H2. The first-order chi connectivity index (χ1) is 7.81. The molecule has 0 aromatic heterocycles. The Morgan fingerprint density at radius 3 is 2.88 bits per heavy atom. The van der Waals surface area contributed by atoms with Gasteiger partial charge in [0.05, 0.1) is 0 Å². The summed E-state index contributed by atoms with van der Waals surface area (Å²) < 4.78 is 1.23. The monoisotopic (exact) mass is 279 g/mol. The van der Waals surface area contributed by atoms with Crippen LogP contribution in [0.4, 0.5) is 0 Å². The Balaban J connectivity index is 1.69. The molecule has 0 spiro atoms. The Kier molecular flexibility index (Phi) is 3.03. The summed E-state index contributed by atoms with van der Waals surface area (Å²) in [6.45, 7) is 4.00. The van der Waals surface area contributed by atoms with Crippen molar-refractivity contribution in [1.82, 2.24) is 4.90 Å². The van der Waals surface area contributed by atoms with Crippen molar-refractivity contribution >= 4 is 15.9 Å².